The van der Waals surface area contributed by atoms with Crippen molar-refractivity contribution < 1.29 is 9.59 Å². The first-order valence-electron chi connectivity index (χ1n) is 8.75. The van der Waals surface area contributed by atoms with Crippen LogP contribution in [0.5, 0.6) is 0 Å². The lowest BCUT2D eigenvalue weighted by atomic mass is 9.97. The fourth-order valence-electron chi connectivity index (χ4n) is 3.06. The molecule has 2 aromatic carbocycles. The first-order valence-corrected chi connectivity index (χ1v) is 9.13. The lowest BCUT2D eigenvalue weighted by molar-refractivity contribution is -0.121. The molecule has 1 heterocycles. The van der Waals surface area contributed by atoms with Crippen molar-refractivity contribution in [3.63, 3.8) is 0 Å². The highest BCUT2D eigenvalue weighted by Gasteiger charge is 2.28. The van der Waals surface area contributed by atoms with Gasteiger partial charge < -0.3 is 15.5 Å². The normalized spacial score (nSPS) is 16.8. The van der Waals surface area contributed by atoms with Gasteiger partial charge in [-0.3, -0.25) is 4.79 Å². The van der Waals surface area contributed by atoms with E-state index in [0.717, 1.165) is 18.4 Å². The molecule has 1 aliphatic heterocycles. The molecule has 1 aliphatic rings. The number of hydrogen-bond donors (Lipinski definition) is 2. The Bertz CT molecular complexity index is 767. The van der Waals surface area contributed by atoms with Crippen LogP contribution in [-0.4, -0.2) is 29.9 Å². The van der Waals surface area contributed by atoms with Gasteiger partial charge in [0, 0.05) is 19.6 Å². The third-order valence-corrected chi connectivity index (χ3v) is 4.83. The molecule has 6 heteroatoms. The lowest BCUT2D eigenvalue weighted by Crippen LogP contribution is -2.47. The van der Waals surface area contributed by atoms with Gasteiger partial charge in [0.2, 0.25) is 5.91 Å². The van der Waals surface area contributed by atoms with Crippen molar-refractivity contribution in [1.82, 2.24) is 10.2 Å². The molecule has 1 unspecified atom stereocenters. The van der Waals surface area contributed by atoms with E-state index in [1.807, 2.05) is 42.5 Å². The number of halogens is 1. The second-order valence-corrected chi connectivity index (χ2v) is 6.81. The molecule has 1 atom stereocenters. The van der Waals surface area contributed by atoms with Gasteiger partial charge in [-0.15, -0.1) is 0 Å². The van der Waals surface area contributed by atoms with Crippen molar-refractivity contribution in [2.75, 3.05) is 18.4 Å². The van der Waals surface area contributed by atoms with E-state index in [4.69, 9.17) is 11.6 Å². The van der Waals surface area contributed by atoms with E-state index in [9.17, 15) is 9.59 Å². The third-order valence-electron chi connectivity index (χ3n) is 4.50. The number of anilines is 1. The van der Waals surface area contributed by atoms with Crippen molar-refractivity contribution in [3.8, 4) is 0 Å². The molecule has 0 saturated carbocycles. The number of likely N-dealkylation sites (tertiary alicyclic amines) is 1. The third kappa shape index (κ3) is 4.76. The van der Waals surface area contributed by atoms with Gasteiger partial charge in [0.15, 0.2) is 0 Å². The fraction of sp³-hybridized carbons (Fsp3) is 0.300. The molecule has 0 radical (unpaired) electrons. The van der Waals surface area contributed by atoms with Gasteiger partial charge in [0.05, 0.1) is 16.6 Å². The fourth-order valence-corrected chi connectivity index (χ4v) is 3.24. The highest BCUT2D eigenvalue weighted by atomic mass is 35.5. The van der Waals surface area contributed by atoms with Crippen LogP contribution in [0.25, 0.3) is 0 Å². The number of rotatable bonds is 4. The standard InChI is InChI=1S/C20H22ClN3O2/c21-17-10-4-5-11-18(17)23-19(25)16-9-6-12-24(14-16)20(26)22-13-15-7-2-1-3-8-15/h1-5,7-8,10-11,16H,6,9,12-14H2,(H,22,26)(H,23,25). The van der Waals surface area contributed by atoms with Gasteiger partial charge in [-0.25, -0.2) is 4.79 Å². The molecule has 26 heavy (non-hydrogen) atoms. The number of benzene rings is 2. The molecular formula is C20H22ClN3O2. The first-order chi connectivity index (χ1) is 12.6. The van der Waals surface area contributed by atoms with Crippen LogP contribution in [0.4, 0.5) is 10.5 Å². The van der Waals surface area contributed by atoms with E-state index < -0.39 is 0 Å². The molecule has 1 saturated heterocycles. The van der Waals surface area contributed by atoms with Crippen molar-refractivity contribution in [3.05, 3.63) is 65.2 Å². The van der Waals surface area contributed by atoms with Crippen molar-refractivity contribution in [2.45, 2.75) is 19.4 Å². The Morgan fingerprint density at radius 3 is 2.58 bits per heavy atom. The maximum atomic E-state index is 12.5. The number of nitrogens with zero attached hydrogens (tertiary/aromatic N) is 1. The molecule has 3 rings (SSSR count). The van der Waals surface area contributed by atoms with Gasteiger partial charge in [0.25, 0.3) is 0 Å². The molecule has 2 N–H and O–H groups in total. The number of piperidine rings is 1. The Morgan fingerprint density at radius 2 is 1.81 bits per heavy atom. The molecule has 1 fully saturated rings. The van der Waals surface area contributed by atoms with E-state index in [1.165, 1.54) is 0 Å². The second-order valence-electron chi connectivity index (χ2n) is 6.40. The SMILES string of the molecule is O=C(Nc1ccccc1Cl)C1CCCN(C(=O)NCc2ccccc2)C1. The van der Waals surface area contributed by atoms with Crippen LogP contribution in [0.2, 0.25) is 5.02 Å². The van der Waals surface area contributed by atoms with E-state index in [-0.39, 0.29) is 17.9 Å². The number of urea groups is 1. The second kappa shape index (κ2) is 8.72. The molecule has 0 aliphatic carbocycles. The summed E-state index contributed by atoms with van der Waals surface area (Å²) in [7, 11) is 0. The summed E-state index contributed by atoms with van der Waals surface area (Å²) >= 11 is 6.10. The Labute approximate surface area is 158 Å². The topological polar surface area (TPSA) is 61.4 Å². The zero-order valence-corrected chi connectivity index (χ0v) is 15.2. The van der Waals surface area contributed by atoms with Gasteiger partial charge in [-0.2, -0.15) is 0 Å². The summed E-state index contributed by atoms with van der Waals surface area (Å²) in [6, 6.07) is 16.8. The summed E-state index contributed by atoms with van der Waals surface area (Å²) in [6.07, 6.45) is 1.57. The van der Waals surface area contributed by atoms with Gasteiger partial charge in [0.1, 0.15) is 0 Å². The zero-order chi connectivity index (χ0) is 18.4. The predicted molar refractivity (Wildman–Crippen MR) is 103 cm³/mol. The quantitative estimate of drug-likeness (QED) is 0.856. The summed E-state index contributed by atoms with van der Waals surface area (Å²) in [5.74, 6) is -0.332. The van der Waals surface area contributed by atoms with Crippen molar-refractivity contribution in [2.24, 2.45) is 5.92 Å². The molecule has 0 aromatic heterocycles. The minimum atomic E-state index is -0.234. The molecule has 0 bridgehead atoms. The van der Waals surface area contributed by atoms with Crippen LogP contribution < -0.4 is 10.6 Å². The smallest absolute Gasteiger partial charge is 0.317 e. The van der Waals surface area contributed by atoms with E-state index in [2.05, 4.69) is 10.6 Å². The number of hydrogen-bond acceptors (Lipinski definition) is 2. The highest BCUT2D eigenvalue weighted by Crippen LogP contribution is 2.23. The molecule has 0 spiro atoms. The summed E-state index contributed by atoms with van der Waals surface area (Å²) in [6.45, 7) is 1.56. The maximum Gasteiger partial charge on any atom is 0.317 e. The molecule has 136 valence electrons. The van der Waals surface area contributed by atoms with Crippen molar-refractivity contribution >= 4 is 29.2 Å². The Hall–Kier alpha value is -2.53. The lowest BCUT2D eigenvalue weighted by Gasteiger charge is -2.32. The Balaban J connectivity index is 1.54. The zero-order valence-electron chi connectivity index (χ0n) is 14.5. The van der Waals surface area contributed by atoms with Crippen LogP contribution in [0, 0.1) is 5.92 Å². The number of carbonyl (C=O) groups excluding carboxylic acids is 2. The predicted octanol–water partition coefficient (Wildman–Crippen LogP) is 3.90. The summed E-state index contributed by atoms with van der Waals surface area (Å²) < 4.78 is 0. The number of carbonyl (C=O) groups is 2. The number of amides is 3. The average Bonchev–Trinajstić information content (AvgIpc) is 2.69. The largest absolute Gasteiger partial charge is 0.334 e. The highest BCUT2D eigenvalue weighted by molar-refractivity contribution is 6.33. The Kier molecular flexibility index (Phi) is 6.12. The molecule has 3 amide bonds. The van der Waals surface area contributed by atoms with Crippen LogP contribution >= 0.6 is 11.6 Å². The summed E-state index contributed by atoms with van der Waals surface area (Å²) in [4.78, 5) is 26.7. The molecule has 5 nitrogen and oxygen atoms in total. The molecule has 2 aromatic rings. The van der Waals surface area contributed by atoms with E-state index >= 15 is 0 Å². The van der Waals surface area contributed by atoms with Gasteiger partial charge >= 0.3 is 6.03 Å². The number of nitrogens with one attached hydrogen (secondary N) is 2. The Morgan fingerprint density at radius 1 is 1.08 bits per heavy atom. The van der Waals surface area contributed by atoms with Crippen LogP contribution in [0.3, 0.4) is 0 Å². The van der Waals surface area contributed by atoms with Crippen molar-refractivity contribution in [1.29, 1.82) is 0 Å². The van der Waals surface area contributed by atoms with Crippen LogP contribution in [-0.2, 0) is 11.3 Å². The maximum absolute atomic E-state index is 12.5. The first kappa shape index (κ1) is 18.3. The molecular weight excluding hydrogens is 350 g/mol. The monoisotopic (exact) mass is 371 g/mol. The number of para-hydroxylation sites is 1. The van der Waals surface area contributed by atoms with Crippen LogP contribution in [0.1, 0.15) is 18.4 Å². The summed E-state index contributed by atoms with van der Waals surface area (Å²) in [5, 5.41) is 6.30. The summed E-state index contributed by atoms with van der Waals surface area (Å²) in [5.41, 5.74) is 1.65. The minimum Gasteiger partial charge on any atom is -0.334 e. The van der Waals surface area contributed by atoms with Gasteiger partial charge in [-0.05, 0) is 30.5 Å². The van der Waals surface area contributed by atoms with E-state index in [1.54, 1.807) is 17.0 Å². The average molecular weight is 372 g/mol. The van der Waals surface area contributed by atoms with Gasteiger partial charge in [-0.1, -0.05) is 54.1 Å². The van der Waals surface area contributed by atoms with E-state index in [0.29, 0.717) is 30.3 Å². The van der Waals surface area contributed by atoms with Crippen LogP contribution in [0.15, 0.2) is 54.6 Å². The minimum absolute atomic E-state index is 0.0985.